The first-order valence-electron chi connectivity index (χ1n) is 6.00. The van der Waals surface area contributed by atoms with Crippen molar-refractivity contribution in [2.45, 2.75) is 52.6 Å². The number of hydrogen-bond acceptors (Lipinski definition) is 3. The number of ether oxygens (including phenoxy) is 2. The fraction of sp³-hybridized carbons (Fsp3) is 0.917. The van der Waals surface area contributed by atoms with E-state index in [4.69, 9.17) is 9.47 Å². The summed E-state index contributed by atoms with van der Waals surface area (Å²) in [6, 6.07) is 0. The lowest BCUT2D eigenvalue weighted by Gasteiger charge is -2.13. The summed E-state index contributed by atoms with van der Waals surface area (Å²) in [7, 11) is 0. The van der Waals surface area contributed by atoms with Crippen molar-refractivity contribution in [1.82, 2.24) is 0 Å². The number of carbonyl (C=O) groups excluding carboxylic acids is 1. The molecule has 0 spiro atoms. The van der Waals surface area contributed by atoms with E-state index in [-0.39, 0.29) is 17.5 Å². The van der Waals surface area contributed by atoms with Gasteiger partial charge in [0.15, 0.2) is 0 Å². The van der Waals surface area contributed by atoms with Crippen LogP contribution in [0.5, 0.6) is 0 Å². The Morgan fingerprint density at radius 2 is 2.13 bits per heavy atom. The Kier molecular flexibility index (Phi) is 4.58. The first-order chi connectivity index (χ1) is 7.21. The largest absolute Gasteiger partial charge is 0.465 e. The standard InChI is InChI=1S/C12H22O3/c1-4-7-8-15-10-9-12(10,5-2)11(13)14-6-3/h10H,4-9H2,1-3H3/t10-,12-/m0/s1. The average molecular weight is 214 g/mol. The lowest BCUT2D eigenvalue weighted by molar-refractivity contribution is -0.151. The molecule has 0 N–H and O–H groups in total. The van der Waals surface area contributed by atoms with Crippen LogP contribution in [0, 0.1) is 5.41 Å². The molecule has 0 aromatic rings. The highest BCUT2D eigenvalue weighted by molar-refractivity contribution is 5.81. The van der Waals surface area contributed by atoms with Gasteiger partial charge in [-0.25, -0.2) is 0 Å². The van der Waals surface area contributed by atoms with Gasteiger partial charge in [0.25, 0.3) is 0 Å². The molecule has 0 amide bonds. The predicted octanol–water partition coefficient (Wildman–Crippen LogP) is 2.53. The van der Waals surface area contributed by atoms with E-state index >= 15 is 0 Å². The third kappa shape index (κ3) is 2.71. The monoisotopic (exact) mass is 214 g/mol. The van der Waals surface area contributed by atoms with E-state index in [1.165, 1.54) is 0 Å². The minimum Gasteiger partial charge on any atom is -0.465 e. The van der Waals surface area contributed by atoms with E-state index in [0.717, 1.165) is 32.3 Å². The molecule has 0 unspecified atom stereocenters. The van der Waals surface area contributed by atoms with Crippen LogP contribution in [0.4, 0.5) is 0 Å². The lowest BCUT2D eigenvalue weighted by Crippen LogP contribution is -2.23. The van der Waals surface area contributed by atoms with E-state index in [1.807, 2.05) is 13.8 Å². The molecule has 1 aliphatic rings. The van der Waals surface area contributed by atoms with Crippen LogP contribution in [0.3, 0.4) is 0 Å². The molecule has 1 rings (SSSR count). The normalized spacial score (nSPS) is 28.9. The van der Waals surface area contributed by atoms with Gasteiger partial charge in [0.2, 0.25) is 0 Å². The second-order valence-electron chi connectivity index (χ2n) is 4.15. The van der Waals surface area contributed by atoms with Crippen LogP contribution in [0.2, 0.25) is 0 Å². The second kappa shape index (κ2) is 5.50. The highest BCUT2D eigenvalue weighted by atomic mass is 16.5. The fourth-order valence-corrected chi connectivity index (χ4v) is 1.87. The van der Waals surface area contributed by atoms with Gasteiger partial charge in [-0.1, -0.05) is 20.3 Å². The van der Waals surface area contributed by atoms with Crippen LogP contribution in [0.15, 0.2) is 0 Å². The molecule has 15 heavy (non-hydrogen) atoms. The van der Waals surface area contributed by atoms with Gasteiger partial charge in [0.05, 0.1) is 18.1 Å². The number of rotatable bonds is 7. The van der Waals surface area contributed by atoms with Gasteiger partial charge in [-0.05, 0) is 26.2 Å². The molecular weight excluding hydrogens is 192 g/mol. The maximum atomic E-state index is 11.7. The summed E-state index contributed by atoms with van der Waals surface area (Å²) >= 11 is 0. The smallest absolute Gasteiger partial charge is 0.314 e. The molecule has 1 aliphatic carbocycles. The molecule has 0 heterocycles. The first-order valence-corrected chi connectivity index (χ1v) is 6.00. The molecule has 0 aliphatic heterocycles. The summed E-state index contributed by atoms with van der Waals surface area (Å²) in [5.74, 6) is -0.0750. The molecule has 2 atom stereocenters. The van der Waals surface area contributed by atoms with E-state index in [9.17, 15) is 4.79 Å². The van der Waals surface area contributed by atoms with Crippen LogP contribution in [0.25, 0.3) is 0 Å². The molecular formula is C12H22O3. The molecule has 0 radical (unpaired) electrons. The molecule has 0 saturated heterocycles. The van der Waals surface area contributed by atoms with E-state index in [1.54, 1.807) is 0 Å². The van der Waals surface area contributed by atoms with E-state index in [0.29, 0.717) is 6.61 Å². The van der Waals surface area contributed by atoms with Crippen LogP contribution in [0.1, 0.15) is 46.5 Å². The van der Waals surface area contributed by atoms with Crippen LogP contribution < -0.4 is 0 Å². The van der Waals surface area contributed by atoms with Gasteiger partial charge in [-0.2, -0.15) is 0 Å². The summed E-state index contributed by atoms with van der Waals surface area (Å²) in [6.07, 6.45) is 3.96. The molecule has 0 bridgehead atoms. The molecule has 0 aromatic heterocycles. The Hall–Kier alpha value is -0.570. The maximum absolute atomic E-state index is 11.7. The molecule has 1 fully saturated rings. The van der Waals surface area contributed by atoms with Gasteiger partial charge in [0.1, 0.15) is 0 Å². The number of carbonyl (C=O) groups is 1. The molecule has 88 valence electrons. The topological polar surface area (TPSA) is 35.5 Å². The minimum atomic E-state index is -0.316. The Balaban J connectivity index is 2.36. The third-order valence-corrected chi connectivity index (χ3v) is 3.14. The Morgan fingerprint density at radius 3 is 2.67 bits per heavy atom. The Labute approximate surface area is 92.1 Å². The van der Waals surface area contributed by atoms with Crippen molar-refractivity contribution < 1.29 is 14.3 Å². The van der Waals surface area contributed by atoms with Gasteiger partial charge in [0, 0.05) is 6.61 Å². The molecule has 0 aromatic carbocycles. The summed E-state index contributed by atoms with van der Waals surface area (Å²) in [4.78, 5) is 11.7. The molecule has 1 saturated carbocycles. The van der Waals surface area contributed by atoms with Crippen molar-refractivity contribution in [1.29, 1.82) is 0 Å². The van der Waals surface area contributed by atoms with Crippen molar-refractivity contribution in [2.75, 3.05) is 13.2 Å². The number of hydrogen-bond donors (Lipinski definition) is 0. The zero-order valence-corrected chi connectivity index (χ0v) is 10.0. The predicted molar refractivity (Wildman–Crippen MR) is 58.6 cm³/mol. The van der Waals surface area contributed by atoms with Crippen molar-refractivity contribution in [3.05, 3.63) is 0 Å². The zero-order valence-electron chi connectivity index (χ0n) is 10.0. The fourth-order valence-electron chi connectivity index (χ4n) is 1.87. The van der Waals surface area contributed by atoms with Crippen molar-refractivity contribution >= 4 is 5.97 Å². The highest BCUT2D eigenvalue weighted by Gasteiger charge is 2.60. The average Bonchev–Trinajstić information content (AvgIpc) is 2.94. The SMILES string of the molecule is CCCCO[C@H]1C[C@]1(CC)C(=O)OCC. The van der Waals surface area contributed by atoms with Gasteiger partial charge < -0.3 is 9.47 Å². The lowest BCUT2D eigenvalue weighted by atomic mass is 10.0. The van der Waals surface area contributed by atoms with Gasteiger partial charge in [-0.3, -0.25) is 4.79 Å². The van der Waals surface area contributed by atoms with Gasteiger partial charge >= 0.3 is 5.97 Å². The highest BCUT2D eigenvalue weighted by Crippen LogP contribution is 2.52. The van der Waals surface area contributed by atoms with Crippen LogP contribution in [-0.4, -0.2) is 25.3 Å². The first kappa shape index (κ1) is 12.5. The summed E-state index contributed by atoms with van der Waals surface area (Å²) < 4.78 is 10.7. The number of esters is 1. The summed E-state index contributed by atoms with van der Waals surface area (Å²) in [5.41, 5.74) is -0.316. The van der Waals surface area contributed by atoms with Crippen LogP contribution >= 0.6 is 0 Å². The van der Waals surface area contributed by atoms with Crippen molar-refractivity contribution in [3.8, 4) is 0 Å². The number of unbranched alkanes of at least 4 members (excludes halogenated alkanes) is 1. The Morgan fingerprint density at radius 1 is 1.40 bits per heavy atom. The van der Waals surface area contributed by atoms with Crippen LogP contribution in [-0.2, 0) is 14.3 Å². The van der Waals surface area contributed by atoms with Crippen molar-refractivity contribution in [3.63, 3.8) is 0 Å². The quantitative estimate of drug-likeness (QED) is 0.482. The summed E-state index contributed by atoms with van der Waals surface area (Å²) in [5, 5.41) is 0. The Bertz CT molecular complexity index is 215. The maximum Gasteiger partial charge on any atom is 0.314 e. The third-order valence-electron chi connectivity index (χ3n) is 3.14. The summed E-state index contributed by atoms with van der Waals surface area (Å²) in [6.45, 7) is 7.23. The van der Waals surface area contributed by atoms with E-state index < -0.39 is 0 Å². The molecule has 3 heteroatoms. The second-order valence-corrected chi connectivity index (χ2v) is 4.15. The minimum absolute atomic E-state index is 0.0750. The zero-order chi connectivity index (χ0) is 11.3. The van der Waals surface area contributed by atoms with Gasteiger partial charge in [-0.15, -0.1) is 0 Å². The van der Waals surface area contributed by atoms with E-state index in [2.05, 4.69) is 6.92 Å². The molecule has 3 nitrogen and oxygen atoms in total. The van der Waals surface area contributed by atoms with Crippen molar-refractivity contribution in [2.24, 2.45) is 5.41 Å².